The first-order valence-electron chi connectivity index (χ1n) is 7.16. The van der Waals surface area contributed by atoms with E-state index >= 15 is 0 Å². The van der Waals surface area contributed by atoms with Gasteiger partial charge in [-0.3, -0.25) is 0 Å². The van der Waals surface area contributed by atoms with Crippen molar-refractivity contribution in [3.05, 3.63) is 40.5 Å². The summed E-state index contributed by atoms with van der Waals surface area (Å²) in [6, 6.07) is 5.57. The van der Waals surface area contributed by atoms with Gasteiger partial charge in [0.15, 0.2) is 6.61 Å². The maximum Gasteiger partial charge on any atom is 0.226 e. The van der Waals surface area contributed by atoms with Crippen LogP contribution in [0.1, 0.15) is 37.5 Å². The first-order valence-corrected chi connectivity index (χ1v) is 7.54. The van der Waals surface area contributed by atoms with Gasteiger partial charge in [0.2, 0.25) is 11.7 Å². The van der Waals surface area contributed by atoms with Crippen molar-refractivity contribution in [1.82, 2.24) is 15.5 Å². The van der Waals surface area contributed by atoms with Crippen molar-refractivity contribution in [1.29, 1.82) is 0 Å². The zero-order valence-electron chi connectivity index (χ0n) is 12.4. The Bertz CT molecular complexity index is 572. The monoisotopic (exact) mass is 309 g/mol. The van der Waals surface area contributed by atoms with Crippen LogP contribution in [0, 0.1) is 0 Å². The lowest BCUT2D eigenvalue weighted by molar-refractivity contribution is 0.282. The second-order valence-electron chi connectivity index (χ2n) is 4.68. The highest BCUT2D eigenvalue weighted by molar-refractivity contribution is 6.30. The molecule has 0 aliphatic carbocycles. The van der Waals surface area contributed by atoms with Gasteiger partial charge in [-0.1, -0.05) is 30.6 Å². The third-order valence-electron chi connectivity index (χ3n) is 2.92. The average molecular weight is 310 g/mol. The lowest BCUT2D eigenvalue weighted by Crippen LogP contribution is -2.13. The van der Waals surface area contributed by atoms with E-state index in [2.05, 4.69) is 29.3 Å². The number of aryl methyl sites for hydroxylation is 1. The predicted molar refractivity (Wildman–Crippen MR) is 81.5 cm³/mol. The van der Waals surface area contributed by atoms with Crippen LogP contribution in [0.2, 0.25) is 5.02 Å². The molecule has 0 saturated heterocycles. The molecule has 0 aliphatic rings. The molecule has 114 valence electrons. The standard InChI is InChI=1S/C15H20ClN3O2/c1-3-5-15-18-14(19-21-15)10-20-13-7-6-12(16)8-11(13)9-17-4-2/h6-8,17H,3-5,9-10H2,1-2H3. The number of hydrogen-bond acceptors (Lipinski definition) is 5. The van der Waals surface area contributed by atoms with Gasteiger partial charge in [-0.05, 0) is 31.2 Å². The van der Waals surface area contributed by atoms with Crippen molar-refractivity contribution in [3.8, 4) is 5.75 Å². The van der Waals surface area contributed by atoms with E-state index in [0.717, 1.165) is 30.7 Å². The van der Waals surface area contributed by atoms with Crippen LogP contribution < -0.4 is 10.1 Å². The Morgan fingerprint density at radius 3 is 2.95 bits per heavy atom. The van der Waals surface area contributed by atoms with Crippen LogP contribution in [0.3, 0.4) is 0 Å². The minimum Gasteiger partial charge on any atom is -0.485 e. The van der Waals surface area contributed by atoms with Gasteiger partial charge in [0.1, 0.15) is 5.75 Å². The molecule has 1 aromatic carbocycles. The van der Waals surface area contributed by atoms with Gasteiger partial charge < -0.3 is 14.6 Å². The van der Waals surface area contributed by atoms with Gasteiger partial charge in [0.25, 0.3) is 0 Å². The second kappa shape index (κ2) is 8.00. The summed E-state index contributed by atoms with van der Waals surface area (Å²) in [5.74, 6) is 1.99. The fraction of sp³-hybridized carbons (Fsp3) is 0.467. The summed E-state index contributed by atoms with van der Waals surface area (Å²) < 4.78 is 10.9. The average Bonchev–Trinajstić information content (AvgIpc) is 2.92. The molecule has 0 spiro atoms. The SMILES string of the molecule is CCCc1nc(COc2ccc(Cl)cc2CNCC)no1. The Labute approximate surface area is 129 Å². The van der Waals surface area contributed by atoms with E-state index in [1.54, 1.807) is 0 Å². The molecule has 0 saturated carbocycles. The molecule has 1 heterocycles. The van der Waals surface area contributed by atoms with Crippen LogP contribution in [0.4, 0.5) is 0 Å². The van der Waals surface area contributed by atoms with Crippen molar-refractivity contribution < 1.29 is 9.26 Å². The highest BCUT2D eigenvalue weighted by Gasteiger charge is 2.09. The Morgan fingerprint density at radius 1 is 1.33 bits per heavy atom. The third-order valence-corrected chi connectivity index (χ3v) is 3.15. The Balaban J connectivity index is 2.00. The molecule has 5 nitrogen and oxygen atoms in total. The molecule has 0 atom stereocenters. The lowest BCUT2D eigenvalue weighted by Gasteiger charge is -2.11. The van der Waals surface area contributed by atoms with E-state index < -0.39 is 0 Å². The molecule has 0 unspecified atom stereocenters. The number of aromatic nitrogens is 2. The quantitative estimate of drug-likeness (QED) is 0.810. The minimum atomic E-state index is 0.286. The van der Waals surface area contributed by atoms with Gasteiger partial charge in [-0.15, -0.1) is 0 Å². The normalized spacial score (nSPS) is 10.8. The van der Waals surface area contributed by atoms with E-state index in [1.807, 2.05) is 18.2 Å². The molecule has 0 aliphatic heterocycles. The molecule has 6 heteroatoms. The van der Waals surface area contributed by atoms with Crippen molar-refractivity contribution >= 4 is 11.6 Å². The summed E-state index contributed by atoms with van der Waals surface area (Å²) in [5.41, 5.74) is 1.02. The van der Waals surface area contributed by atoms with Gasteiger partial charge >= 0.3 is 0 Å². The van der Waals surface area contributed by atoms with Gasteiger partial charge in [-0.25, -0.2) is 0 Å². The van der Waals surface area contributed by atoms with Gasteiger partial charge in [0, 0.05) is 23.6 Å². The van der Waals surface area contributed by atoms with E-state index in [-0.39, 0.29) is 6.61 Å². The fourth-order valence-electron chi connectivity index (χ4n) is 1.89. The van der Waals surface area contributed by atoms with Crippen LogP contribution in [0.15, 0.2) is 22.7 Å². The number of hydrogen-bond donors (Lipinski definition) is 1. The summed E-state index contributed by atoms with van der Waals surface area (Å²) in [7, 11) is 0. The Kier molecular flexibility index (Phi) is 6.02. The zero-order valence-corrected chi connectivity index (χ0v) is 13.1. The van der Waals surface area contributed by atoms with E-state index in [9.17, 15) is 0 Å². The number of rotatable bonds is 8. The van der Waals surface area contributed by atoms with Crippen LogP contribution in [-0.2, 0) is 19.6 Å². The Morgan fingerprint density at radius 2 is 2.19 bits per heavy atom. The van der Waals surface area contributed by atoms with Gasteiger partial charge in [-0.2, -0.15) is 4.98 Å². The number of nitrogens with one attached hydrogen (secondary N) is 1. The number of benzene rings is 1. The summed E-state index contributed by atoms with van der Waals surface area (Å²) in [4.78, 5) is 4.28. The number of nitrogens with zero attached hydrogens (tertiary/aromatic N) is 2. The molecular weight excluding hydrogens is 290 g/mol. The fourth-order valence-corrected chi connectivity index (χ4v) is 2.09. The molecule has 0 radical (unpaired) electrons. The topological polar surface area (TPSA) is 60.2 Å². The van der Waals surface area contributed by atoms with Crippen molar-refractivity contribution in [2.75, 3.05) is 6.54 Å². The van der Waals surface area contributed by atoms with Crippen LogP contribution in [0.5, 0.6) is 5.75 Å². The molecule has 0 bridgehead atoms. The smallest absolute Gasteiger partial charge is 0.226 e. The maximum atomic E-state index is 6.03. The van der Waals surface area contributed by atoms with E-state index in [4.69, 9.17) is 20.9 Å². The molecular formula is C15H20ClN3O2. The number of halogens is 1. The molecule has 2 aromatic rings. The lowest BCUT2D eigenvalue weighted by atomic mass is 10.2. The Hall–Kier alpha value is -1.59. The summed E-state index contributed by atoms with van der Waals surface area (Å²) in [5, 5.41) is 7.86. The summed E-state index contributed by atoms with van der Waals surface area (Å²) in [6.45, 7) is 6.01. The molecule has 1 aromatic heterocycles. The van der Waals surface area contributed by atoms with Crippen molar-refractivity contribution in [2.24, 2.45) is 0 Å². The summed E-state index contributed by atoms with van der Waals surface area (Å²) in [6.07, 6.45) is 1.77. The first-order chi connectivity index (χ1) is 10.2. The molecule has 2 rings (SSSR count). The van der Waals surface area contributed by atoms with Crippen molar-refractivity contribution in [2.45, 2.75) is 39.8 Å². The van der Waals surface area contributed by atoms with E-state index in [0.29, 0.717) is 23.3 Å². The highest BCUT2D eigenvalue weighted by Crippen LogP contribution is 2.23. The second-order valence-corrected chi connectivity index (χ2v) is 5.11. The summed E-state index contributed by atoms with van der Waals surface area (Å²) >= 11 is 6.03. The van der Waals surface area contributed by atoms with Gasteiger partial charge in [0.05, 0.1) is 0 Å². The zero-order chi connectivity index (χ0) is 15.1. The van der Waals surface area contributed by atoms with Crippen molar-refractivity contribution in [3.63, 3.8) is 0 Å². The molecule has 21 heavy (non-hydrogen) atoms. The third kappa shape index (κ3) is 4.72. The van der Waals surface area contributed by atoms with Crippen LogP contribution in [-0.4, -0.2) is 16.7 Å². The number of ether oxygens (including phenoxy) is 1. The molecule has 1 N–H and O–H groups in total. The predicted octanol–water partition coefficient (Wildman–Crippen LogP) is 3.36. The largest absolute Gasteiger partial charge is 0.485 e. The maximum absolute atomic E-state index is 6.03. The molecule has 0 amide bonds. The molecule has 0 fully saturated rings. The van der Waals surface area contributed by atoms with Crippen LogP contribution >= 0.6 is 11.6 Å². The highest BCUT2D eigenvalue weighted by atomic mass is 35.5. The first kappa shape index (κ1) is 15.8. The van der Waals surface area contributed by atoms with E-state index in [1.165, 1.54) is 0 Å². The minimum absolute atomic E-state index is 0.286. The van der Waals surface area contributed by atoms with Crippen LogP contribution in [0.25, 0.3) is 0 Å².